The molecule has 13 heteroatoms. The van der Waals surface area contributed by atoms with Gasteiger partial charge >= 0.3 is 0 Å². The number of hydrogen-bond donors (Lipinski definition) is 0. The molecule has 11 nitrogen and oxygen atoms in total. The van der Waals surface area contributed by atoms with Crippen LogP contribution in [0.25, 0.3) is 11.3 Å². The van der Waals surface area contributed by atoms with Crippen molar-refractivity contribution in [1.29, 1.82) is 0 Å². The second-order valence-electron chi connectivity index (χ2n) is 9.25. The monoisotopic (exact) mass is 599 g/mol. The second-order valence-corrected chi connectivity index (χ2v) is 12.0. The minimum absolute atomic E-state index is 0.246. The predicted molar refractivity (Wildman–Crippen MR) is 155 cm³/mol. The van der Waals surface area contributed by atoms with Crippen LogP contribution >= 0.6 is 11.3 Å². The minimum Gasteiger partial charge on any atom is -0.493 e. The molecule has 2 aromatic carbocycles. The highest BCUT2D eigenvalue weighted by molar-refractivity contribution is 7.89. The predicted octanol–water partition coefficient (Wildman–Crippen LogP) is 3.78. The summed E-state index contributed by atoms with van der Waals surface area (Å²) < 4.78 is 53.7. The summed E-state index contributed by atoms with van der Waals surface area (Å²) >= 11 is 1.51. The smallest absolute Gasteiger partial charge is 0.243 e. The number of rotatable bonds is 11. The van der Waals surface area contributed by atoms with Crippen LogP contribution in [0.15, 0.2) is 70.4 Å². The highest BCUT2D eigenvalue weighted by atomic mass is 32.2. The first kappa shape index (κ1) is 28.9. The Morgan fingerprint density at radius 2 is 1.71 bits per heavy atom. The van der Waals surface area contributed by atoms with Crippen molar-refractivity contribution in [1.82, 2.24) is 18.4 Å². The molecular weight excluding hydrogens is 566 g/mol. The number of morpholine rings is 1. The van der Waals surface area contributed by atoms with Gasteiger partial charge in [0.1, 0.15) is 0 Å². The lowest BCUT2D eigenvalue weighted by Gasteiger charge is -2.26. The van der Waals surface area contributed by atoms with Crippen molar-refractivity contribution in [3.05, 3.63) is 65.3 Å². The molecule has 3 heterocycles. The second kappa shape index (κ2) is 12.9. The summed E-state index contributed by atoms with van der Waals surface area (Å²) in [4.78, 5) is 10.1. The van der Waals surface area contributed by atoms with Crippen LogP contribution in [0.3, 0.4) is 0 Å². The van der Waals surface area contributed by atoms with E-state index in [2.05, 4.69) is 9.55 Å². The van der Waals surface area contributed by atoms with Gasteiger partial charge in [0.05, 0.1) is 57.1 Å². The summed E-state index contributed by atoms with van der Waals surface area (Å²) in [7, 11) is 1.19. The number of imidazole rings is 1. The van der Waals surface area contributed by atoms with Crippen molar-refractivity contribution < 1.29 is 27.4 Å². The Balaban J connectivity index is 1.50. The average molecular weight is 600 g/mol. The third-order valence-corrected chi connectivity index (χ3v) is 9.56. The number of benzene rings is 2. The van der Waals surface area contributed by atoms with Crippen molar-refractivity contribution in [2.75, 3.05) is 47.6 Å². The van der Waals surface area contributed by atoms with E-state index in [0.717, 1.165) is 29.0 Å². The number of sulfonamides is 1. The fraction of sp³-hybridized carbons (Fsp3) is 0.357. The maximum Gasteiger partial charge on any atom is 0.243 e. The maximum atomic E-state index is 13.0. The van der Waals surface area contributed by atoms with Crippen LogP contribution in [-0.2, 0) is 27.8 Å². The zero-order valence-electron chi connectivity index (χ0n) is 23.2. The Kier molecular flexibility index (Phi) is 9.08. The van der Waals surface area contributed by atoms with Crippen LogP contribution in [0.2, 0.25) is 0 Å². The highest BCUT2D eigenvalue weighted by Gasteiger charge is 2.26. The summed E-state index contributed by atoms with van der Waals surface area (Å²) in [5, 5.41) is 2.05. The van der Waals surface area contributed by atoms with E-state index < -0.39 is 10.0 Å². The lowest BCUT2D eigenvalue weighted by molar-refractivity contribution is 0.0730. The van der Waals surface area contributed by atoms with Gasteiger partial charge in [0.25, 0.3) is 0 Å². The van der Waals surface area contributed by atoms with E-state index >= 15 is 0 Å². The van der Waals surface area contributed by atoms with Gasteiger partial charge in [0.2, 0.25) is 15.8 Å². The molecule has 1 saturated heterocycles. The van der Waals surface area contributed by atoms with Gasteiger partial charge in [-0.1, -0.05) is 0 Å². The van der Waals surface area contributed by atoms with Crippen molar-refractivity contribution in [3.8, 4) is 28.5 Å². The summed E-state index contributed by atoms with van der Waals surface area (Å²) in [6.07, 6.45) is 6.35. The zero-order chi connectivity index (χ0) is 28.8. The summed E-state index contributed by atoms with van der Waals surface area (Å²) in [5.74, 6) is 1.65. The molecule has 1 aliphatic rings. The number of nitrogens with zero attached hydrogens (tertiary/aromatic N) is 5. The van der Waals surface area contributed by atoms with E-state index in [1.807, 2.05) is 28.3 Å². The third kappa shape index (κ3) is 6.32. The molecule has 218 valence electrons. The fourth-order valence-electron chi connectivity index (χ4n) is 4.66. The van der Waals surface area contributed by atoms with E-state index in [4.69, 9.17) is 23.9 Å². The standard InChI is InChI=1S/C28H33N5O6S2/c1-36-25-17-21(18-26(37-2)27(25)38-3)24-19-40-28(33(24)11-4-10-31-12-9-29-20-31)30-22-5-7-23(8-6-22)41(34,35)32-13-15-39-16-14-32/h5-9,12,17-20H,4,10-11,13-16H2,1-3H3. The van der Waals surface area contributed by atoms with Crippen LogP contribution < -0.4 is 19.0 Å². The van der Waals surface area contributed by atoms with E-state index in [0.29, 0.717) is 55.8 Å². The lowest BCUT2D eigenvalue weighted by atomic mass is 10.1. The molecule has 0 spiro atoms. The lowest BCUT2D eigenvalue weighted by Crippen LogP contribution is -2.40. The van der Waals surface area contributed by atoms with Crippen LogP contribution in [0.5, 0.6) is 17.2 Å². The van der Waals surface area contributed by atoms with E-state index in [-0.39, 0.29) is 4.90 Å². The van der Waals surface area contributed by atoms with Crippen LogP contribution in [0.4, 0.5) is 5.69 Å². The average Bonchev–Trinajstić information content (AvgIpc) is 3.67. The quantitative estimate of drug-likeness (QED) is 0.258. The first-order chi connectivity index (χ1) is 19.9. The maximum absolute atomic E-state index is 13.0. The van der Waals surface area contributed by atoms with E-state index in [1.165, 1.54) is 15.6 Å². The molecular formula is C28H33N5O6S2. The van der Waals surface area contributed by atoms with E-state index in [9.17, 15) is 8.42 Å². The fourth-order valence-corrected chi connectivity index (χ4v) is 7.03. The van der Waals surface area contributed by atoms with Gasteiger partial charge in [-0.15, -0.1) is 11.3 Å². The number of thiazole rings is 1. The molecule has 0 atom stereocenters. The Morgan fingerprint density at radius 3 is 2.32 bits per heavy atom. The number of methoxy groups -OCH3 is 3. The molecule has 0 aliphatic carbocycles. The molecule has 1 fully saturated rings. The molecule has 1 aliphatic heterocycles. The first-order valence-electron chi connectivity index (χ1n) is 13.1. The molecule has 0 N–H and O–H groups in total. The molecule has 0 radical (unpaired) electrons. The molecule has 0 amide bonds. The number of aromatic nitrogens is 3. The summed E-state index contributed by atoms with van der Waals surface area (Å²) in [6.45, 7) is 3.00. The van der Waals surface area contributed by atoms with Gasteiger partial charge in [0, 0.05) is 49.5 Å². The summed E-state index contributed by atoms with van der Waals surface area (Å²) in [5.41, 5.74) is 2.50. The van der Waals surface area contributed by atoms with Crippen LogP contribution in [-0.4, -0.2) is 74.5 Å². The zero-order valence-corrected chi connectivity index (χ0v) is 24.9. The van der Waals surface area contributed by atoms with Gasteiger partial charge < -0.3 is 28.1 Å². The molecule has 0 bridgehead atoms. The SMILES string of the molecule is COc1cc(-c2csc(=Nc3ccc(S(=O)(=O)N4CCOCC4)cc3)n2CCCn2ccnc2)cc(OC)c1OC. The molecule has 2 aromatic heterocycles. The molecule has 0 saturated carbocycles. The first-order valence-corrected chi connectivity index (χ1v) is 15.4. The Morgan fingerprint density at radius 1 is 1.00 bits per heavy atom. The minimum atomic E-state index is -3.58. The number of hydrogen-bond acceptors (Lipinski definition) is 9. The highest BCUT2D eigenvalue weighted by Crippen LogP contribution is 2.41. The van der Waals surface area contributed by atoms with Gasteiger partial charge in [-0.2, -0.15) is 4.31 Å². The van der Waals surface area contributed by atoms with Gasteiger partial charge in [-0.25, -0.2) is 18.4 Å². The molecule has 4 aromatic rings. The number of ether oxygens (including phenoxy) is 4. The largest absolute Gasteiger partial charge is 0.493 e. The molecule has 41 heavy (non-hydrogen) atoms. The van der Waals surface area contributed by atoms with Gasteiger partial charge in [-0.3, -0.25) is 0 Å². The number of aryl methyl sites for hydroxylation is 1. The van der Waals surface area contributed by atoms with Crippen LogP contribution in [0, 0.1) is 0 Å². The Hall–Kier alpha value is -3.65. The topological polar surface area (TPSA) is 109 Å². The Bertz CT molecular complexity index is 1600. The van der Waals surface area contributed by atoms with Crippen molar-refractivity contribution in [2.45, 2.75) is 24.4 Å². The third-order valence-electron chi connectivity index (χ3n) is 6.78. The van der Waals surface area contributed by atoms with Gasteiger partial charge in [0.15, 0.2) is 16.3 Å². The normalized spacial score (nSPS) is 14.8. The van der Waals surface area contributed by atoms with Crippen molar-refractivity contribution in [2.24, 2.45) is 4.99 Å². The van der Waals surface area contributed by atoms with Gasteiger partial charge in [-0.05, 0) is 42.8 Å². The Labute approximate surface area is 243 Å². The summed E-state index contributed by atoms with van der Waals surface area (Å²) in [6, 6.07) is 10.5. The molecule has 5 rings (SSSR count). The van der Waals surface area contributed by atoms with Crippen molar-refractivity contribution in [3.63, 3.8) is 0 Å². The van der Waals surface area contributed by atoms with E-state index in [1.54, 1.807) is 58.1 Å². The van der Waals surface area contributed by atoms with Crippen LogP contribution in [0.1, 0.15) is 6.42 Å². The molecule has 0 unspecified atom stereocenters. The van der Waals surface area contributed by atoms with Crippen molar-refractivity contribution >= 4 is 27.0 Å².